The minimum absolute atomic E-state index is 0.604. The lowest BCUT2D eigenvalue weighted by atomic mass is 10.1. The van der Waals surface area contributed by atoms with E-state index in [9.17, 15) is 0 Å². The van der Waals surface area contributed by atoms with Gasteiger partial charge in [-0.1, -0.05) is 24.3 Å². The summed E-state index contributed by atoms with van der Waals surface area (Å²) in [6.07, 6.45) is 5.32. The first-order valence-electron chi connectivity index (χ1n) is 7.30. The molecule has 0 atom stereocenters. The molecule has 1 aromatic carbocycles. The third kappa shape index (κ3) is 3.11. The first kappa shape index (κ1) is 13.4. The van der Waals surface area contributed by atoms with Gasteiger partial charge in [-0.15, -0.1) is 6.58 Å². The Kier molecular flexibility index (Phi) is 4.19. The largest absolute Gasteiger partial charge is 0.459 e. The molecule has 0 saturated heterocycles. The van der Waals surface area contributed by atoms with Crippen molar-refractivity contribution >= 4 is 11.0 Å². The smallest absolute Gasteiger partial charge is 0.134 e. The van der Waals surface area contributed by atoms with Gasteiger partial charge in [0.2, 0.25) is 0 Å². The van der Waals surface area contributed by atoms with Crippen molar-refractivity contribution in [1.82, 2.24) is 5.32 Å². The minimum atomic E-state index is 0.604. The number of para-hydroxylation sites is 1. The molecular weight excluding hydrogens is 250 g/mol. The van der Waals surface area contributed by atoms with Gasteiger partial charge in [-0.05, 0) is 25.3 Å². The summed E-state index contributed by atoms with van der Waals surface area (Å²) in [6.45, 7) is 5.81. The molecule has 3 nitrogen and oxygen atoms in total. The van der Waals surface area contributed by atoms with Crippen LogP contribution in [0.2, 0.25) is 0 Å². The van der Waals surface area contributed by atoms with Crippen molar-refractivity contribution < 1.29 is 9.15 Å². The predicted molar refractivity (Wildman–Crippen MR) is 80.5 cm³/mol. The molecule has 0 aliphatic heterocycles. The number of hydrogen-bond donors (Lipinski definition) is 1. The van der Waals surface area contributed by atoms with Crippen molar-refractivity contribution in [2.24, 2.45) is 0 Å². The van der Waals surface area contributed by atoms with Gasteiger partial charge in [-0.25, -0.2) is 0 Å². The predicted octanol–water partition coefficient (Wildman–Crippen LogP) is 3.78. The van der Waals surface area contributed by atoms with E-state index in [4.69, 9.17) is 9.15 Å². The van der Waals surface area contributed by atoms with E-state index < -0.39 is 0 Å². The summed E-state index contributed by atoms with van der Waals surface area (Å²) in [5.41, 5.74) is 2.13. The first-order valence-corrected chi connectivity index (χ1v) is 7.30. The summed E-state index contributed by atoms with van der Waals surface area (Å²) >= 11 is 0. The standard InChI is InChI=1S/C17H21NO2/c1-2-3-10-19-12-15-14-6-4-5-7-16(14)20-17(15)11-18-13-8-9-13/h2,4-7,13,18H,1,3,8-12H2. The highest BCUT2D eigenvalue weighted by Crippen LogP contribution is 2.28. The fourth-order valence-corrected chi connectivity index (χ4v) is 2.32. The van der Waals surface area contributed by atoms with Crippen molar-refractivity contribution in [3.8, 4) is 0 Å². The van der Waals surface area contributed by atoms with Crippen LogP contribution in [0.1, 0.15) is 30.6 Å². The van der Waals surface area contributed by atoms with Crippen LogP contribution in [0, 0.1) is 0 Å². The lowest BCUT2D eigenvalue weighted by Gasteiger charge is -2.05. The zero-order valence-electron chi connectivity index (χ0n) is 11.7. The second-order valence-electron chi connectivity index (χ2n) is 5.29. The van der Waals surface area contributed by atoms with Crippen molar-refractivity contribution in [3.05, 3.63) is 48.2 Å². The fraction of sp³-hybridized carbons (Fsp3) is 0.412. The van der Waals surface area contributed by atoms with Gasteiger partial charge in [-0.2, -0.15) is 0 Å². The second kappa shape index (κ2) is 6.25. The van der Waals surface area contributed by atoms with Crippen molar-refractivity contribution in [1.29, 1.82) is 0 Å². The normalized spacial score (nSPS) is 14.8. The number of hydrogen-bond acceptors (Lipinski definition) is 3. The van der Waals surface area contributed by atoms with E-state index in [2.05, 4.69) is 18.0 Å². The van der Waals surface area contributed by atoms with Gasteiger partial charge in [0.15, 0.2) is 0 Å². The zero-order valence-corrected chi connectivity index (χ0v) is 11.7. The average molecular weight is 271 g/mol. The monoisotopic (exact) mass is 271 g/mol. The maximum absolute atomic E-state index is 5.97. The van der Waals surface area contributed by atoms with Gasteiger partial charge in [0, 0.05) is 17.0 Å². The Labute approximate surface area is 119 Å². The molecule has 1 saturated carbocycles. The highest BCUT2D eigenvalue weighted by atomic mass is 16.5. The van der Waals surface area contributed by atoms with Crippen LogP contribution in [0.5, 0.6) is 0 Å². The molecule has 106 valence electrons. The molecule has 0 radical (unpaired) electrons. The Balaban J connectivity index is 1.76. The van der Waals surface area contributed by atoms with Crippen LogP contribution in [0.25, 0.3) is 11.0 Å². The summed E-state index contributed by atoms with van der Waals surface area (Å²) in [7, 11) is 0. The Morgan fingerprint density at radius 1 is 1.35 bits per heavy atom. The number of nitrogens with one attached hydrogen (secondary N) is 1. The molecule has 0 unspecified atom stereocenters. The average Bonchev–Trinajstić information content (AvgIpc) is 3.23. The maximum atomic E-state index is 5.97. The Morgan fingerprint density at radius 2 is 2.20 bits per heavy atom. The molecule has 1 N–H and O–H groups in total. The van der Waals surface area contributed by atoms with Crippen LogP contribution in [0.4, 0.5) is 0 Å². The fourth-order valence-electron chi connectivity index (χ4n) is 2.32. The van der Waals surface area contributed by atoms with Crippen molar-refractivity contribution in [2.75, 3.05) is 6.61 Å². The molecule has 0 spiro atoms. The van der Waals surface area contributed by atoms with Gasteiger partial charge in [0.1, 0.15) is 11.3 Å². The van der Waals surface area contributed by atoms with Crippen LogP contribution >= 0.6 is 0 Å². The molecule has 20 heavy (non-hydrogen) atoms. The van der Waals surface area contributed by atoms with E-state index >= 15 is 0 Å². The summed E-state index contributed by atoms with van der Waals surface area (Å²) in [6, 6.07) is 8.85. The number of ether oxygens (including phenoxy) is 1. The summed E-state index contributed by atoms with van der Waals surface area (Å²) < 4.78 is 11.7. The van der Waals surface area contributed by atoms with Crippen LogP contribution in [0.3, 0.4) is 0 Å². The minimum Gasteiger partial charge on any atom is -0.459 e. The quantitative estimate of drug-likeness (QED) is 0.586. The summed E-state index contributed by atoms with van der Waals surface area (Å²) in [4.78, 5) is 0. The third-order valence-corrected chi connectivity index (χ3v) is 3.62. The summed E-state index contributed by atoms with van der Waals surface area (Å²) in [5.74, 6) is 1.01. The van der Waals surface area contributed by atoms with Gasteiger partial charge in [0.05, 0.1) is 19.8 Å². The molecule has 1 heterocycles. The molecule has 1 aliphatic rings. The Hall–Kier alpha value is -1.58. The molecule has 1 aromatic heterocycles. The zero-order chi connectivity index (χ0) is 13.8. The van der Waals surface area contributed by atoms with Gasteiger partial charge in [0.25, 0.3) is 0 Å². The third-order valence-electron chi connectivity index (χ3n) is 3.62. The van der Waals surface area contributed by atoms with Gasteiger partial charge >= 0.3 is 0 Å². The molecule has 2 aromatic rings. The van der Waals surface area contributed by atoms with E-state index in [1.165, 1.54) is 23.8 Å². The first-order chi connectivity index (χ1) is 9.88. The molecule has 3 heteroatoms. The second-order valence-corrected chi connectivity index (χ2v) is 5.29. The van der Waals surface area contributed by atoms with E-state index in [1.807, 2.05) is 24.3 Å². The lowest BCUT2D eigenvalue weighted by Crippen LogP contribution is -2.16. The van der Waals surface area contributed by atoms with Crippen LogP contribution in [-0.2, 0) is 17.9 Å². The number of benzene rings is 1. The van der Waals surface area contributed by atoms with E-state index in [-0.39, 0.29) is 0 Å². The SMILES string of the molecule is C=CCCOCc1c(CNC2CC2)oc2ccccc12. The van der Waals surface area contributed by atoms with Gasteiger partial charge < -0.3 is 14.5 Å². The molecule has 1 aliphatic carbocycles. The highest BCUT2D eigenvalue weighted by Gasteiger charge is 2.22. The Bertz CT molecular complexity index is 584. The molecule has 1 fully saturated rings. The highest BCUT2D eigenvalue weighted by molar-refractivity contribution is 5.82. The maximum Gasteiger partial charge on any atom is 0.134 e. The Morgan fingerprint density at radius 3 is 3.00 bits per heavy atom. The van der Waals surface area contributed by atoms with E-state index in [1.54, 1.807) is 0 Å². The lowest BCUT2D eigenvalue weighted by molar-refractivity contribution is 0.124. The van der Waals surface area contributed by atoms with Gasteiger partial charge in [-0.3, -0.25) is 0 Å². The number of rotatable bonds is 8. The van der Waals surface area contributed by atoms with Crippen LogP contribution in [-0.4, -0.2) is 12.6 Å². The topological polar surface area (TPSA) is 34.4 Å². The van der Waals surface area contributed by atoms with Crippen molar-refractivity contribution in [3.63, 3.8) is 0 Å². The summed E-state index contributed by atoms with van der Waals surface area (Å²) in [5, 5.41) is 4.68. The molecular formula is C17H21NO2. The molecule has 3 rings (SSSR count). The van der Waals surface area contributed by atoms with E-state index in [0.717, 1.165) is 24.3 Å². The van der Waals surface area contributed by atoms with E-state index in [0.29, 0.717) is 19.3 Å². The number of furan rings is 1. The molecule has 0 amide bonds. The number of fused-ring (bicyclic) bond motifs is 1. The van der Waals surface area contributed by atoms with Crippen LogP contribution < -0.4 is 5.32 Å². The van der Waals surface area contributed by atoms with Crippen molar-refractivity contribution in [2.45, 2.75) is 38.5 Å². The van der Waals surface area contributed by atoms with Crippen LogP contribution in [0.15, 0.2) is 41.3 Å². The molecule has 0 bridgehead atoms.